The van der Waals surface area contributed by atoms with Gasteiger partial charge in [-0.15, -0.1) is 11.3 Å². The Labute approximate surface area is 145 Å². The Kier molecular flexibility index (Phi) is 6.03. The minimum Gasteiger partial charge on any atom is -0.308 e. The molecule has 1 unspecified atom stereocenters. The third-order valence-electron chi connectivity index (χ3n) is 3.08. The molecule has 2 heterocycles. The van der Waals surface area contributed by atoms with Crippen molar-refractivity contribution in [1.82, 2.24) is 20.0 Å². The van der Waals surface area contributed by atoms with E-state index in [2.05, 4.69) is 84.1 Å². The van der Waals surface area contributed by atoms with E-state index in [1.165, 1.54) is 14.1 Å². The van der Waals surface area contributed by atoms with E-state index >= 15 is 0 Å². The minimum atomic E-state index is 0.161. The summed E-state index contributed by atoms with van der Waals surface area (Å²) in [4.78, 5) is 2.17. The van der Waals surface area contributed by atoms with Crippen LogP contribution in [0.3, 0.4) is 0 Å². The van der Waals surface area contributed by atoms with Crippen molar-refractivity contribution in [3.63, 3.8) is 0 Å². The molecule has 0 saturated carbocycles. The molecule has 0 saturated heterocycles. The van der Waals surface area contributed by atoms with Gasteiger partial charge in [0.15, 0.2) is 0 Å². The molecule has 1 atom stereocenters. The first-order valence-corrected chi connectivity index (χ1v) is 9.05. The van der Waals surface area contributed by atoms with Crippen molar-refractivity contribution >= 4 is 49.9 Å². The molecule has 0 aliphatic heterocycles. The van der Waals surface area contributed by atoms with Gasteiger partial charge >= 0.3 is 0 Å². The van der Waals surface area contributed by atoms with Crippen LogP contribution in [0, 0.1) is 2.88 Å². The van der Waals surface area contributed by atoms with Gasteiger partial charge in [0.2, 0.25) is 0 Å². The number of nitrogens with one attached hydrogen (secondary N) is 1. The predicted molar refractivity (Wildman–Crippen MR) is 96.4 cm³/mol. The fourth-order valence-electron chi connectivity index (χ4n) is 2.07. The SMILES string of the molecule is CNC(c1csc(I)c1)c1c(Br)cnn1CCN(C)C. The molecular formula is C13H18BrIN4S. The smallest absolute Gasteiger partial charge is 0.0765 e. The molecule has 1 N–H and O–H groups in total. The zero-order valence-corrected chi connectivity index (χ0v) is 16.3. The molecule has 2 rings (SSSR count). The maximum atomic E-state index is 4.49. The lowest BCUT2D eigenvalue weighted by Gasteiger charge is -2.19. The highest BCUT2D eigenvalue weighted by Crippen LogP contribution is 2.31. The summed E-state index contributed by atoms with van der Waals surface area (Å²) in [7, 11) is 6.15. The number of hydrogen-bond donors (Lipinski definition) is 1. The van der Waals surface area contributed by atoms with Crippen molar-refractivity contribution in [2.24, 2.45) is 0 Å². The van der Waals surface area contributed by atoms with E-state index < -0.39 is 0 Å². The Bertz CT molecular complexity index is 566. The lowest BCUT2D eigenvalue weighted by Crippen LogP contribution is -2.25. The Morgan fingerprint density at radius 1 is 1.55 bits per heavy atom. The second-order valence-electron chi connectivity index (χ2n) is 4.81. The maximum Gasteiger partial charge on any atom is 0.0765 e. The highest BCUT2D eigenvalue weighted by Gasteiger charge is 2.21. The first kappa shape index (κ1) is 16.4. The van der Waals surface area contributed by atoms with Gasteiger partial charge in [-0.2, -0.15) is 5.10 Å². The summed E-state index contributed by atoms with van der Waals surface area (Å²) in [6, 6.07) is 2.39. The largest absolute Gasteiger partial charge is 0.308 e. The topological polar surface area (TPSA) is 33.1 Å². The fraction of sp³-hybridized carbons (Fsp3) is 0.462. The summed E-state index contributed by atoms with van der Waals surface area (Å²) in [5.41, 5.74) is 2.47. The molecule has 4 nitrogen and oxygen atoms in total. The second-order valence-corrected chi connectivity index (χ2v) is 8.47. The van der Waals surface area contributed by atoms with E-state index in [9.17, 15) is 0 Å². The Hall–Kier alpha value is 0.0400. The van der Waals surface area contributed by atoms with Gasteiger partial charge in [-0.05, 0) is 76.7 Å². The third-order valence-corrected chi connectivity index (χ3v) is 5.49. The van der Waals surface area contributed by atoms with Gasteiger partial charge in [-0.3, -0.25) is 4.68 Å². The molecule has 0 aliphatic rings. The zero-order valence-electron chi connectivity index (χ0n) is 11.7. The summed E-state index contributed by atoms with van der Waals surface area (Å²) < 4.78 is 4.43. The molecule has 0 bridgehead atoms. The van der Waals surface area contributed by atoms with E-state index in [0.717, 1.165) is 17.6 Å². The molecule has 7 heteroatoms. The van der Waals surface area contributed by atoms with Crippen molar-refractivity contribution < 1.29 is 0 Å². The standard InChI is InChI=1S/C13H18BrIN4S/c1-16-12(9-6-11(15)20-8-9)13-10(14)7-17-19(13)5-4-18(2)3/h6-8,12,16H,4-5H2,1-3H3. The number of nitrogens with zero attached hydrogens (tertiary/aromatic N) is 3. The molecule has 0 fully saturated rings. The van der Waals surface area contributed by atoms with Crippen LogP contribution >= 0.6 is 49.9 Å². The van der Waals surface area contributed by atoms with Gasteiger partial charge in [0, 0.05) is 6.54 Å². The van der Waals surface area contributed by atoms with Gasteiger partial charge in [0.1, 0.15) is 0 Å². The van der Waals surface area contributed by atoms with Crippen molar-refractivity contribution in [2.45, 2.75) is 12.6 Å². The van der Waals surface area contributed by atoms with E-state index in [1.54, 1.807) is 11.3 Å². The molecule has 20 heavy (non-hydrogen) atoms. The van der Waals surface area contributed by atoms with E-state index in [4.69, 9.17) is 0 Å². The molecule has 2 aromatic rings. The van der Waals surface area contributed by atoms with Crippen molar-refractivity contribution in [1.29, 1.82) is 0 Å². The molecule has 0 spiro atoms. The molecule has 0 aliphatic carbocycles. The summed E-state index contributed by atoms with van der Waals surface area (Å²) in [5.74, 6) is 0. The van der Waals surface area contributed by atoms with Crippen LogP contribution in [0.25, 0.3) is 0 Å². The number of hydrogen-bond acceptors (Lipinski definition) is 4. The molecular weight excluding hydrogens is 451 g/mol. The predicted octanol–water partition coefficient (Wildman–Crippen LogP) is 3.18. The van der Waals surface area contributed by atoms with Gasteiger partial charge in [-0.1, -0.05) is 0 Å². The number of thiophene rings is 1. The highest BCUT2D eigenvalue weighted by atomic mass is 127. The zero-order chi connectivity index (χ0) is 14.7. The van der Waals surface area contributed by atoms with Gasteiger partial charge < -0.3 is 10.2 Å². The van der Waals surface area contributed by atoms with Crippen LogP contribution in [0.2, 0.25) is 0 Å². The van der Waals surface area contributed by atoms with Crippen LogP contribution in [-0.4, -0.2) is 42.4 Å². The third kappa shape index (κ3) is 3.82. The lowest BCUT2D eigenvalue weighted by molar-refractivity contribution is 0.366. The van der Waals surface area contributed by atoms with Crippen LogP contribution in [0.5, 0.6) is 0 Å². The Balaban J connectivity index is 2.31. The van der Waals surface area contributed by atoms with Crippen LogP contribution in [-0.2, 0) is 6.54 Å². The normalized spacial score (nSPS) is 13.1. The van der Waals surface area contributed by atoms with Gasteiger partial charge in [0.25, 0.3) is 0 Å². The Morgan fingerprint density at radius 3 is 2.85 bits per heavy atom. The summed E-state index contributed by atoms with van der Waals surface area (Å²) in [5, 5.41) is 10.1. The number of rotatable bonds is 6. The van der Waals surface area contributed by atoms with Crippen LogP contribution < -0.4 is 5.32 Å². The quantitative estimate of drug-likeness (QED) is 0.661. The number of aromatic nitrogens is 2. The average molecular weight is 469 g/mol. The molecule has 0 amide bonds. The van der Waals surface area contributed by atoms with Crippen LogP contribution in [0.15, 0.2) is 22.1 Å². The fourth-order valence-corrected chi connectivity index (χ4v) is 3.99. The minimum absolute atomic E-state index is 0.161. The maximum absolute atomic E-state index is 4.49. The lowest BCUT2D eigenvalue weighted by atomic mass is 10.1. The van der Waals surface area contributed by atoms with Crippen molar-refractivity contribution in [3.05, 3.63) is 36.3 Å². The van der Waals surface area contributed by atoms with Crippen LogP contribution in [0.4, 0.5) is 0 Å². The number of likely N-dealkylation sites (N-methyl/N-ethyl adjacent to an activating group) is 1. The Morgan fingerprint density at radius 2 is 2.30 bits per heavy atom. The molecule has 0 radical (unpaired) electrons. The van der Waals surface area contributed by atoms with E-state index in [1.807, 2.05) is 13.2 Å². The van der Waals surface area contributed by atoms with Gasteiger partial charge in [-0.25, -0.2) is 0 Å². The van der Waals surface area contributed by atoms with E-state index in [0.29, 0.717) is 0 Å². The first-order chi connectivity index (χ1) is 9.52. The number of halogens is 2. The first-order valence-electron chi connectivity index (χ1n) is 6.30. The van der Waals surface area contributed by atoms with Crippen LogP contribution in [0.1, 0.15) is 17.3 Å². The summed E-state index contributed by atoms with van der Waals surface area (Å²) >= 11 is 7.76. The summed E-state index contributed by atoms with van der Waals surface area (Å²) in [6.07, 6.45) is 1.88. The second kappa shape index (κ2) is 7.35. The molecule has 0 aromatic carbocycles. The van der Waals surface area contributed by atoms with Crippen molar-refractivity contribution in [2.75, 3.05) is 27.7 Å². The van der Waals surface area contributed by atoms with Gasteiger partial charge in [0.05, 0.1) is 31.8 Å². The molecule has 2 aromatic heterocycles. The molecule has 110 valence electrons. The summed E-state index contributed by atoms with van der Waals surface area (Å²) in [6.45, 7) is 1.85. The monoisotopic (exact) mass is 468 g/mol. The van der Waals surface area contributed by atoms with E-state index in [-0.39, 0.29) is 6.04 Å². The van der Waals surface area contributed by atoms with Crippen molar-refractivity contribution in [3.8, 4) is 0 Å². The highest BCUT2D eigenvalue weighted by molar-refractivity contribution is 14.1. The average Bonchev–Trinajstić information content (AvgIpc) is 2.97.